The number of carbonyl (C=O) groups excluding carboxylic acids is 2. The minimum absolute atomic E-state index is 0.180. The molecule has 34 heavy (non-hydrogen) atoms. The third-order valence-corrected chi connectivity index (χ3v) is 9.69. The summed E-state index contributed by atoms with van der Waals surface area (Å²) in [5.74, 6) is -0.420. The van der Waals surface area contributed by atoms with Crippen LogP contribution in [0.1, 0.15) is 64.3 Å². The normalized spacial score (nSPS) is 17.9. The van der Waals surface area contributed by atoms with E-state index >= 15 is 0 Å². The molecule has 2 amide bonds. The maximum atomic E-state index is 12.9. The molecule has 0 bridgehead atoms. The molecule has 0 saturated carbocycles. The Kier molecular flexibility index (Phi) is 7.42. The Morgan fingerprint density at radius 2 is 1.82 bits per heavy atom. The quantitative estimate of drug-likeness (QED) is 0.601. The monoisotopic (exact) mass is 504 g/mol. The molecule has 0 atom stereocenters. The number of nitrogens with one attached hydrogen (secondary N) is 1. The lowest BCUT2D eigenvalue weighted by atomic mass is 10.0. The Balaban J connectivity index is 1.51. The first-order chi connectivity index (χ1) is 16.2. The van der Waals surface area contributed by atoms with E-state index in [4.69, 9.17) is 5.73 Å². The molecule has 0 radical (unpaired) electrons. The highest BCUT2D eigenvalue weighted by Gasteiger charge is 2.29. The SMILES string of the molecule is CCCN1CCc2c(sc(NC(=O)c3ccc(S(=O)(=O)N4CCC(C)CC4)cc3)c2C(N)=O)C1. The predicted octanol–water partition coefficient (Wildman–Crippen LogP) is 3.29. The van der Waals surface area contributed by atoms with Crippen molar-refractivity contribution in [2.45, 2.75) is 51.0 Å². The van der Waals surface area contributed by atoms with Crippen LogP contribution < -0.4 is 11.1 Å². The first-order valence-corrected chi connectivity index (χ1v) is 14.0. The molecule has 10 heteroatoms. The lowest BCUT2D eigenvalue weighted by Gasteiger charge is -2.29. The van der Waals surface area contributed by atoms with E-state index < -0.39 is 21.8 Å². The molecule has 2 aromatic rings. The van der Waals surface area contributed by atoms with Crippen LogP contribution in [-0.2, 0) is 23.0 Å². The van der Waals surface area contributed by atoms with Crippen molar-refractivity contribution in [1.82, 2.24) is 9.21 Å². The van der Waals surface area contributed by atoms with Gasteiger partial charge in [-0.3, -0.25) is 14.5 Å². The summed E-state index contributed by atoms with van der Waals surface area (Å²) in [6, 6.07) is 5.96. The highest BCUT2D eigenvalue weighted by molar-refractivity contribution is 7.89. The van der Waals surface area contributed by atoms with Gasteiger partial charge in [0.2, 0.25) is 10.0 Å². The molecule has 2 aliphatic heterocycles. The van der Waals surface area contributed by atoms with Crippen molar-refractivity contribution >= 4 is 38.2 Å². The Hall–Kier alpha value is -2.27. The highest BCUT2D eigenvalue weighted by Crippen LogP contribution is 2.37. The van der Waals surface area contributed by atoms with Gasteiger partial charge in [-0.25, -0.2) is 8.42 Å². The molecule has 8 nitrogen and oxygen atoms in total. The lowest BCUT2D eigenvalue weighted by Crippen LogP contribution is -2.37. The predicted molar refractivity (Wildman–Crippen MR) is 134 cm³/mol. The summed E-state index contributed by atoms with van der Waals surface area (Å²) in [4.78, 5) is 28.7. The molecule has 0 unspecified atom stereocenters. The third kappa shape index (κ3) is 5.05. The molecule has 0 spiro atoms. The average Bonchev–Trinajstić information content (AvgIpc) is 3.17. The lowest BCUT2D eigenvalue weighted by molar-refractivity contribution is 0.0999. The molecule has 4 rings (SSSR count). The van der Waals surface area contributed by atoms with Crippen LogP contribution in [0.25, 0.3) is 0 Å². The van der Waals surface area contributed by atoms with Crippen molar-refractivity contribution in [3.8, 4) is 0 Å². The molecule has 3 N–H and O–H groups in total. The van der Waals surface area contributed by atoms with Crippen molar-refractivity contribution in [1.29, 1.82) is 0 Å². The minimum Gasteiger partial charge on any atom is -0.365 e. The number of benzene rings is 1. The second kappa shape index (κ2) is 10.2. The molecular formula is C24H32N4O4S2. The summed E-state index contributed by atoms with van der Waals surface area (Å²) in [6.45, 7) is 7.88. The van der Waals surface area contributed by atoms with Crippen LogP contribution in [0.2, 0.25) is 0 Å². The first kappa shape index (κ1) is 24.8. The molecule has 2 aliphatic rings. The zero-order chi connectivity index (χ0) is 24.5. The number of sulfonamides is 1. The van der Waals surface area contributed by atoms with Gasteiger partial charge in [-0.1, -0.05) is 13.8 Å². The average molecular weight is 505 g/mol. The zero-order valence-corrected chi connectivity index (χ0v) is 21.3. The number of rotatable bonds is 7. The largest absolute Gasteiger partial charge is 0.365 e. The van der Waals surface area contributed by atoms with E-state index in [-0.39, 0.29) is 4.90 Å². The van der Waals surface area contributed by atoms with E-state index in [1.807, 2.05) is 0 Å². The van der Waals surface area contributed by atoms with Gasteiger partial charge in [-0.05, 0) is 68.0 Å². The van der Waals surface area contributed by atoms with E-state index in [0.29, 0.717) is 35.1 Å². The fraction of sp³-hybridized carbons (Fsp3) is 0.500. The van der Waals surface area contributed by atoms with Crippen LogP contribution in [-0.4, -0.2) is 55.6 Å². The number of anilines is 1. The van der Waals surface area contributed by atoms with Gasteiger partial charge >= 0.3 is 0 Å². The Morgan fingerprint density at radius 1 is 1.15 bits per heavy atom. The van der Waals surface area contributed by atoms with Crippen molar-refractivity contribution in [3.05, 3.63) is 45.8 Å². The maximum absolute atomic E-state index is 12.9. The van der Waals surface area contributed by atoms with Crippen molar-refractivity contribution in [2.75, 3.05) is 31.5 Å². The van der Waals surface area contributed by atoms with E-state index in [1.165, 1.54) is 39.9 Å². The fourth-order valence-electron chi connectivity index (χ4n) is 4.64. The standard InChI is InChI=1S/C24H32N4O4S2/c1-3-11-27-12-10-19-20(15-27)33-24(21(19)22(25)29)26-23(30)17-4-6-18(7-5-17)34(31,32)28-13-8-16(2)9-14-28/h4-7,16H,3,8-15H2,1-2H3,(H2,25,29)(H,26,30). The number of hydrogen-bond acceptors (Lipinski definition) is 6. The van der Waals surface area contributed by atoms with Crippen LogP contribution in [0.15, 0.2) is 29.2 Å². The molecule has 184 valence electrons. The summed E-state index contributed by atoms with van der Waals surface area (Å²) in [5.41, 5.74) is 7.31. The Bertz CT molecular complexity index is 1170. The molecule has 1 aromatic carbocycles. The smallest absolute Gasteiger partial charge is 0.256 e. The third-order valence-electron chi connectivity index (χ3n) is 6.65. The van der Waals surface area contributed by atoms with Crippen LogP contribution in [0.5, 0.6) is 0 Å². The van der Waals surface area contributed by atoms with Crippen molar-refractivity contribution in [3.63, 3.8) is 0 Å². The molecule has 1 saturated heterocycles. The second-order valence-electron chi connectivity index (χ2n) is 9.16. The van der Waals surface area contributed by atoms with Crippen LogP contribution in [0.3, 0.4) is 0 Å². The molecular weight excluding hydrogens is 472 g/mol. The zero-order valence-electron chi connectivity index (χ0n) is 19.7. The van der Waals surface area contributed by atoms with E-state index in [1.54, 1.807) is 0 Å². The summed E-state index contributed by atoms with van der Waals surface area (Å²) in [6.07, 6.45) is 3.48. The first-order valence-electron chi connectivity index (χ1n) is 11.8. The summed E-state index contributed by atoms with van der Waals surface area (Å²) in [5, 5.41) is 3.30. The fourth-order valence-corrected chi connectivity index (χ4v) is 7.40. The van der Waals surface area contributed by atoms with E-state index in [0.717, 1.165) is 55.8 Å². The van der Waals surface area contributed by atoms with Gasteiger partial charge in [0.25, 0.3) is 11.8 Å². The number of nitrogens with zero attached hydrogens (tertiary/aromatic N) is 2. The molecule has 3 heterocycles. The summed E-state index contributed by atoms with van der Waals surface area (Å²) >= 11 is 1.39. The molecule has 0 aliphatic carbocycles. The Morgan fingerprint density at radius 3 is 2.44 bits per heavy atom. The maximum Gasteiger partial charge on any atom is 0.256 e. The second-order valence-corrected chi connectivity index (χ2v) is 12.2. The minimum atomic E-state index is -3.58. The van der Waals surface area contributed by atoms with Crippen LogP contribution in [0, 0.1) is 5.92 Å². The number of amides is 2. The van der Waals surface area contributed by atoms with Gasteiger partial charge in [0.05, 0.1) is 10.5 Å². The van der Waals surface area contributed by atoms with Crippen molar-refractivity contribution in [2.24, 2.45) is 11.7 Å². The van der Waals surface area contributed by atoms with Gasteiger partial charge < -0.3 is 11.1 Å². The summed E-state index contributed by atoms with van der Waals surface area (Å²) < 4.78 is 27.4. The highest BCUT2D eigenvalue weighted by atomic mass is 32.2. The number of thiophene rings is 1. The van der Waals surface area contributed by atoms with Crippen LogP contribution in [0.4, 0.5) is 5.00 Å². The summed E-state index contributed by atoms with van der Waals surface area (Å²) in [7, 11) is -3.58. The topological polar surface area (TPSA) is 113 Å². The van der Waals surface area contributed by atoms with Gasteiger partial charge in [0.15, 0.2) is 0 Å². The van der Waals surface area contributed by atoms with Gasteiger partial charge in [0, 0.05) is 36.6 Å². The Labute approximate surface area is 205 Å². The molecule has 1 fully saturated rings. The van der Waals surface area contributed by atoms with E-state index in [9.17, 15) is 18.0 Å². The number of primary amides is 1. The van der Waals surface area contributed by atoms with Gasteiger partial charge in [-0.15, -0.1) is 11.3 Å². The molecule has 1 aromatic heterocycles. The van der Waals surface area contributed by atoms with Crippen molar-refractivity contribution < 1.29 is 18.0 Å². The number of piperidine rings is 1. The van der Waals surface area contributed by atoms with Gasteiger partial charge in [-0.2, -0.15) is 4.31 Å². The number of hydrogen-bond donors (Lipinski definition) is 2. The number of fused-ring (bicyclic) bond motifs is 1. The van der Waals surface area contributed by atoms with E-state index in [2.05, 4.69) is 24.1 Å². The number of nitrogens with two attached hydrogens (primary N) is 1. The van der Waals surface area contributed by atoms with Crippen LogP contribution >= 0.6 is 11.3 Å². The number of carbonyl (C=O) groups is 2. The van der Waals surface area contributed by atoms with Gasteiger partial charge in [0.1, 0.15) is 5.00 Å².